The van der Waals surface area contributed by atoms with Crippen molar-refractivity contribution in [3.8, 4) is 0 Å². The monoisotopic (exact) mass is 284 g/mol. The van der Waals surface area contributed by atoms with Crippen LogP contribution in [-0.2, 0) is 11.3 Å². The van der Waals surface area contributed by atoms with Crippen LogP contribution < -0.4 is 0 Å². The largest absolute Gasteiger partial charge is 0.454 e. The van der Waals surface area contributed by atoms with Gasteiger partial charge in [0.2, 0.25) is 0 Å². The number of ether oxygens (including phenoxy) is 1. The van der Waals surface area contributed by atoms with Crippen molar-refractivity contribution in [1.29, 1.82) is 0 Å². The van der Waals surface area contributed by atoms with Crippen LogP contribution in [0.3, 0.4) is 0 Å². The predicted molar refractivity (Wildman–Crippen MR) is 57.2 cm³/mol. The number of hydrogen-bond donors (Lipinski definition) is 0. The lowest BCUT2D eigenvalue weighted by Crippen LogP contribution is -2.49. The van der Waals surface area contributed by atoms with Crippen LogP contribution in [0.1, 0.15) is 11.1 Å². The molecule has 1 atom stereocenters. The zero-order valence-corrected chi connectivity index (χ0v) is 9.55. The molecule has 0 fully saturated rings. The summed E-state index contributed by atoms with van der Waals surface area (Å²) in [6.07, 6.45) is -8.64. The van der Waals surface area contributed by atoms with E-state index in [-0.39, 0.29) is 5.56 Å². The maximum Gasteiger partial charge on any atom is 0.454 e. The average Bonchev–Trinajstić information content (AvgIpc) is 2.34. The van der Waals surface area contributed by atoms with Crippen molar-refractivity contribution in [3.05, 3.63) is 42.0 Å². The number of benzene rings is 1. The van der Waals surface area contributed by atoms with Gasteiger partial charge in [0.25, 0.3) is 0 Å². The van der Waals surface area contributed by atoms with Crippen LogP contribution in [-0.4, -0.2) is 18.5 Å². The van der Waals surface area contributed by atoms with Gasteiger partial charge in [-0.05, 0) is 11.1 Å². The van der Waals surface area contributed by atoms with Crippen LogP contribution in [0.2, 0.25) is 0 Å². The lowest BCUT2D eigenvalue weighted by atomic mass is 10.1. The maximum absolute atomic E-state index is 13.1. The fourth-order valence-electron chi connectivity index (χ4n) is 1.21. The summed E-state index contributed by atoms with van der Waals surface area (Å²) >= 11 is 0. The molecule has 1 aromatic carbocycles. The molecular formula is C12H10F6O. The summed E-state index contributed by atoms with van der Waals surface area (Å²) in [5, 5.41) is 0. The Bertz CT molecular complexity index is 425. The van der Waals surface area contributed by atoms with Gasteiger partial charge in [0.15, 0.2) is 0 Å². The van der Waals surface area contributed by atoms with E-state index in [1.54, 1.807) is 0 Å². The summed E-state index contributed by atoms with van der Waals surface area (Å²) in [6.45, 7) is 2.54. The first kappa shape index (κ1) is 15.6. The third-order valence-corrected chi connectivity index (χ3v) is 2.33. The molecule has 0 saturated heterocycles. The minimum atomic E-state index is -5.80. The maximum atomic E-state index is 13.1. The summed E-state index contributed by atoms with van der Waals surface area (Å²) in [4.78, 5) is 0. The van der Waals surface area contributed by atoms with Gasteiger partial charge in [-0.15, -0.1) is 0 Å². The Balaban J connectivity index is 2.79. The molecule has 0 saturated carbocycles. The Hall–Kier alpha value is -1.50. The molecule has 0 aliphatic rings. The molecule has 0 bridgehead atoms. The van der Waals surface area contributed by atoms with Crippen LogP contribution in [0, 0.1) is 0 Å². The molecule has 0 aliphatic heterocycles. The molecule has 7 heteroatoms. The number of halogens is 6. The number of alkyl halides is 6. The van der Waals surface area contributed by atoms with E-state index in [1.165, 1.54) is 30.3 Å². The van der Waals surface area contributed by atoms with Crippen LogP contribution in [0.25, 0.3) is 6.08 Å². The topological polar surface area (TPSA) is 9.23 Å². The summed E-state index contributed by atoms with van der Waals surface area (Å²) < 4.78 is 77.8. The minimum absolute atomic E-state index is 0.137. The zero-order chi connectivity index (χ0) is 14.7. The summed E-state index contributed by atoms with van der Waals surface area (Å²) in [7, 11) is 0. The highest BCUT2D eigenvalue weighted by atomic mass is 19.4. The molecule has 106 valence electrons. The Morgan fingerprint density at radius 1 is 1.11 bits per heavy atom. The Morgan fingerprint density at radius 3 is 2.00 bits per heavy atom. The van der Waals surface area contributed by atoms with Gasteiger partial charge < -0.3 is 4.74 Å². The summed E-state index contributed by atoms with van der Waals surface area (Å²) in [5.41, 5.74) is 0.817. The van der Waals surface area contributed by atoms with E-state index in [4.69, 9.17) is 0 Å². The number of hydrogen-bond acceptors (Lipinski definition) is 1. The molecule has 0 heterocycles. The fraction of sp³-hybridized carbons (Fsp3) is 0.333. The van der Waals surface area contributed by atoms with E-state index in [0.29, 0.717) is 5.56 Å². The minimum Gasteiger partial charge on any atom is -0.330 e. The molecule has 19 heavy (non-hydrogen) atoms. The zero-order valence-electron chi connectivity index (χ0n) is 9.55. The van der Waals surface area contributed by atoms with Crippen molar-refractivity contribution in [2.75, 3.05) is 0 Å². The average molecular weight is 284 g/mol. The van der Waals surface area contributed by atoms with Crippen molar-refractivity contribution >= 4 is 6.08 Å². The predicted octanol–water partition coefficient (Wildman–Crippen LogP) is 4.34. The molecule has 0 spiro atoms. The summed E-state index contributed by atoms with van der Waals surface area (Å²) in [6, 6.07) is 5.64. The second-order valence-electron chi connectivity index (χ2n) is 3.68. The molecule has 0 aliphatic carbocycles. The van der Waals surface area contributed by atoms with Gasteiger partial charge in [-0.25, -0.2) is 8.78 Å². The normalized spacial score (nSPS) is 15.3. The van der Waals surface area contributed by atoms with Gasteiger partial charge >= 0.3 is 18.5 Å². The molecular weight excluding hydrogens is 274 g/mol. The first-order chi connectivity index (χ1) is 8.70. The number of rotatable bonds is 5. The van der Waals surface area contributed by atoms with Crippen molar-refractivity contribution in [3.63, 3.8) is 0 Å². The third-order valence-electron chi connectivity index (χ3n) is 2.33. The van der Waals surface area contributed by atoms with Crippen molar-refractivity contribution in [1.82, 2.24) is 0 Å². The lowest BCUT2D eigenvalue weighted by molar-refractivity contribution is -0.372. The smallest absolute Gasteiger partial charge is 0.330 e. The second kappa shape index (κ2) is 5.64. The first-order valence-electron chi connectivity index (χ1n) is 5.10. The molecule has 0 unspecified atom stereocenters. The van der Waals surface area contributed by atoms with E-state index in [2.05, 4.69) is 11.3 Å². The summed E-state index contributed by atoms with van der Waals surface area (Å²) in [5.74, 6) is -4.97. The van der Waals surface area contributed by atoms with Crippen LogP contribution in [0.15, 0.2) is 30.8 Å². The SMILES string of the molecule is C=Cc1ccc(CO[C@@](F)(C(F)F)C(F)(F)F)cc1. The lowest BCUT2D eigenvalue weighted by Gasteiger charge is -2.26. The van der Waals surface area contributed by atoms with Crippen molar-refractivity contribution in [2.24, 2.45) is 0 Å². The highest BCUT2D eigenvalue weighted by Gasteiger charge is 2.64. The molecule has 0 N–H and O–H groups in total. The fourth-order valence-corrected chi connectivity index (χ4v) is 1.21. The van der Waals surface area contributed by atoms with Crippen molar-refractivity contribution in [2.45, 2.75) is 25.1 Å². The van der Waals surface area contributed by atoms with Crippen LogP contribution in [0.5, 0.6) is 0 Å². The highest BCUT2D eigenvalue weighted by Crippen LogP contribution is 2.40. The quantitative estimate of drug-likeness (QED) is 0.731. The molecule has 1 rings (SSSR count). The highest BCUT2D eigenvalue weighted by molar-refractivity contribution is 5.47. The van der Waals surface area contributed by atoms with E-state index < -0.39 is 25.1 Å². The second-order valence-corrected chi connectivity index (χ2v) is 3.68. The van der Waals surface area contributed by atoms with Crippen molar-refractivity contribution < 1.29 is 31.1 Å². The molecule has 1 aromatic rings. The molecule has 1 nitrogen and oxygen atoms in total. The van der Waals surface area contributed by atoms with Crippen LogP contribution in [0.4, 0.5) is 26.3 Å². The van der Waals surface area contributed by atoms with E-state index in [0.717, 1.165) is 0 Å². The first-order valence-corrected chi connectivity index (χ1v) is 5.10. The van der Waals surface area contributed by atoms with E-state index in [1.807, 2.05) is 0 Å². The van der Waals surface area contributed by atoms with Gasteiger partial charge in [-0.3, -0.25) is 0 Å². The van der Waals surface area contributed by atoms with Gasteiger partial charge in [0.1, 0.15) is 0 Å². The third kappa shape index (κ3) is 3.50. The Kier molecular flexibility index (Phi) is 4.62. The molecule has 0 amide bonds. The van der Waals surface area contributed by atoms with Gasteiger partial charge in [-0.1, -0.05) is 36.9 Å². The Morgan fingerprint density at radius 2 is 1.63 bits per heavy atom. The van der Waals surface area contributed by atoms with E-state index >= 15 is 0 Å². The van der Waals surface area contributed by atoms with Gasteiger partial charge in [-0.2, -0.15) is 17.6 Å². The van der Waals surface area contributed by atoms with E-state index in [9.17, 15) is 26.3 Å². The molecule has 0 radical (unpaired) electrons. The van der Waals surface area contributed by atoms with Gasteiger partial charge in [0.05, 0.1) is 6.61 Å². The van der Waals surface area contributed by atoms with Crippen LogP contribution >= 0.6 is 0 Å². The Labute approximate surface area is 105 Å². The molecule has 0 aromatic heterocycles. The standard InChI is InChI=1S/C12H10F6O/c1-2-8-3-5-9(6-4-8)7-19-11(15,10(13)14)12(16,17)18/h2-6,10H,1,7H2/t11-/m0/s1. The van der Waals surface area contributed by atoms with Gasteiger partial charge in [0, 0.05) is 0 Å².